The number of nitrogens with one attached hydrogen (secondary N) is 3. The first-order chi connectivity index (χ1) is 9.80. The van der Waals surface area contributed by atoms with Gasteiger partial charge in [-0.2, -0.15) is 0 Å². The van der Waals surface area contributed by atoms with Gasteiger partial charge >= 0.3 is 0 Å². The molecule has 8 nitrogen and oxygen atoms in total. The van der Waals surface area contributed by atoms with E-state index in [0.717, 1.165) is 0 Å². The van der Waals surface area contributed by atoms with Crippen molar-refractivity contribution in [3.05, 3.63) is 18.2 Å². The van der Waals surface area contributed by atoms with Crippen molar-refractivity contribution >= 4 is 27.5 Å². The summed E-state index contributed by atoms with van der Waals surface area (Å²) < 4.78 is 29.0. The zero-order chi connectivity index (χ0) is 16.0. The summed E-state index contributed by atoms with van der Waals surface area (Å²) in [6, 6.07) is 3.93. The molecule has 0 bridgehead atoms. The number of anilines is 1. The zero-order valence-electron chi connectivity index (χ0n) is 11.9. The first-order valence-corrected chi connectivity index (χ1v) is 7.54. The van der Waals surface area contributed by atoms with Crippen LogP contribution in [0.4, 0.5) is 5.69 Å². The average Bonchev–Trinajstić information content (AvgIpc) is 2.44. The minimum absolute atomic E-state index is 0.107. The number of sulfonamides is 1. The predicted octanol–water partition coefficient (Wildman–Crippen LogP) is 0.373. The number of ether oxygens (including phenoxy) is 1. The van der Waals surface area contributed by atoms with Crippen LogP contribution in [0.5, 0.6) is 5.75 Å². The van der Waals surface area contributed by atoms with Crippen molar-refractivity contribution in [2.75, 3.05) is 12.4 Å². The maximum atomic E-state index is 12.0. The van der Waals surface area contributed by atoms with Crippen molar-refractivity contribution in [2.24, 2.45) is 0 Å². The highest BCUT2D eigenvalue weighted by Gasteiger charge is 2.17. The Hall–Kier alpha value is -2.13. The van der Waals surface area contributed by atoms with E-state index < -0.39 is 15.9 Å². The average molecular weight is 315 g/mol. The van der Waals surface area contributed by atoms with Crippen molar-refractivity contribution in [2.45, 2.75) is 25.2 Å². The van der Waals surface area contributed by atoms with Gasteiger partial charge in [-0.25, -0.2) is 8.42 Å². The van der Waals surface area contributed by atoms with Gasteiger partial charge in [0, 0.05) is 19.4 Å². The molecule has 9 heteroatoms. The quantitative estimate of drug-likeness (QED) is 0.656. The van der Waals surface area contributed by atoms with Gasteiger partial charge < -0.3 is 10.1 Å². The Balaban J connectivity index is 3.02. The van der Waals surface area contributed by atoms with Crippen molar-refractivity contribution in [3.8, 4) is 5.75 Å². The molecule has 21 heavy (non-hydrogen) atoms. The predicted molar refractivity (Wildman–Crippen MR) is 76.1 cm³/mol. The Bertz CT molecular complexity index is 642. The van der Waals surface area contributed by atoms with E-state index in [1.165, 1.54) is 32.2 Å². The lowest BCUT2D eigenvalue weighted by Crippen LogP contribution is -2.41. The van der Waals surface area contributed by atoms with Crippen LogP contribution in [0.3, 0.4) is 0 Å². The third-order valence-electron chi connectivity index (χ3n) is 2.44. The third kappa shape index (κ3) is 4.72. The Morgan fingerprint density at radius 2 is 1.95 bits per heavy atom. The molecule has 1 rings (SSSR count). The number of amides is 2. The number of carbonyl (C=O) groups is 2. The van der Waals surface area contributed by atoms with Crippen LogP contribution in [0, 0.1) is 0 Å². The van der Waals surface area contributed by atoms with E-state index in [1.807, 2.05) is 4.83 Å². The minimum Gasteiger partial charge on any atom is -0.495 e. The number of benzene rings is 1. The smallest absolute Gasteiger partial charge is 0.257 e. The number of rotatable bonds is 6. The first-order valence-electron chi connectivity index (χ1n) is 6.06. The third-order valence-corrected chi connectivity index (χ3v) is 3.69. The van der Waals surface area contributed by atoms with E-state index in [0.29, 0.717) is 5.69 Å². The fourth-order valence-corrected chi connectivity index (χ4v) is 2.28. The monoisotopic (exact) mass is 315 g/mol. The van der Waals surface area contributed by atoms with Crippen LogP contribution in [0.25, 0.3) is 0 Å². The molecular formula is C12H17N3O5S. The van der Waals surface area contributed by atoms with E-state index in [1.54, 1.807) is 6.92 Å². The molecule has 1 aromatic carbocycles. The molecule has 0 aliphatic heterocycles. The Labute approximate surface area is 122 Å². The summed E-state index contributed by atoms with van der Waals surface area (Å²) in [5.74, 6) is -0.576. The maximum absolute atomic E-state index is 12.0. The van der Waals surface area contributed by atoms with Gasteiger partial charge in [-0.3, -0.25) is 15.0 Å². The molecule has 116 valence electrons. The largest absolute Gasteiger partial charge is 0.495 e. The number of hydrogen-bond acceptors (Lipinski definition) is 5. The van der Waals surface area contributed by atoms with Gasteiger partial charge in [0.1, 0.15) is 5.75 Å². The molecule has 0 radical (unpaired) electrons. The highest BCUT2D eigenvalue weighted by Crippen LogP contribution is 2.27. The number of hydrazine groups is 1. The second-order valence-corrected chi connectivity index (χ2v) is 5.73. The van der Waals surface area contributed by atoms with Gasteiger partial charge in [-0.05, 0) is 12.1 Å². The van der Waals surface area contributed by atoms with E-state index in [9.17, 15) is 18.0 Å². The summed E-state index contributed by atoms with van der Waals surface area (Å²) in [5, 5.41) is 2.51. The Morgan fingerprint density at radius 3 is 2.48 bits per heavy atom. The van der Waals surface area contributed by atoms with Gasteiger partial charge in [0.2, 0.25) is 11.8 Å². The van der Waals surface area contributed by atoms with Crippen LogP contribution in [0.1, 0.15) is 20.3 Å². The van der Waals surface area contributed by atoms with Crippen molar-refractivity contribution in [1.82, 2.24) is 10.3 Å². The Morgan fingerprint density at radius 1 is 1.29 bits per heavy atom. The van der Waals surface area contributed by atoms with Crippen molar-refractivity contribution < 1.29 is 22.7 Å². The molecule has 0 atom stereocenters. The van der Waals surface area contributed by atoms with Crippen molar-refractivity contribution in [1.29, 1.82) is 0 Å². The summed E-state index contributed by atoms with van der Waals surface area (Å²) in [6.07, 6.45) is 0.146. The molecule has 0 unspecified atom stereocenters. The summed E-state index contributed by atoms with van der Waals surface area (Å²) in [4.78, 5) is 24.0. The van der Waals surface area contributed by atoms with Crippen molar-refractivity contribution in [3.63, 3.8) is 0 Å². The van der Waals surface area contributed by atoms with Gasteiger partial charge in [-0.15, -0.1) is 4.83 Å². The zero-order valence-corrected chi connectivity index (χ0v) is 12.7. The number of hydrogen-bond donors (Lipinski definition) is 3. The SMILES string of the molecule is CCC(=O)NNS(=O)(=O)c1ccc(NC(C)=O)c(OC)c1. The van der Waals surface area contributed by atoms with E-state index >= 15 is 0 Å². The summed E-state index contributed by atoms with van der Waals surface area (Å²) >= 11 is 0. The topological polar surface area (TPSA) is 114 Å². The van der Waals surface area contributed by atoms with Gasteiger partial charge in [0.25, 0.3) is 10.0 Å². The molecule has 0 spiro atoms. The molecule has 0 heterocycles. The highest BCUT2D eigenvalue weighted by atomic mass is 32.2. The van der Waals surface area contributed by atoms with Crippen LogP contribution in [-0.4, -0.2) is 27.3 Å². The molecular weight excluding hydrogens is 298 g/mol. The van der Waals surface area contributed by atoms with E-state index in [4.69, 9.17) is 4.74 Å². The molecule has 0 fully saturated rings. The number of methoxy groups -OCH3 is 1. The molecule has 0 saturated heterocycles. The number of carbonyl (C=O) groups excluding carboxylic acids is 2. The highest BCUT2D eigenvalue weighted by molar-refractivity contribution is 7.89. The molecule has 0 saturated carbocycles. The molecule has 0 aromatic heterocycles. The molecule has 1 aromatic rings. The summed E-state index contributed by atoms with van der Waals surface area (Å²) in [5.41, 5.74) is 2.42. The lowest BCUT2D eigenvalue weighted by molar-refractivity contribution is -0.121. The summed E-state index contributed by atoms with van der Waals surface area (Å²) in [6.45, 7) is 2.92. The second kappa shape index (κ2) is 7.04. The minimum atomic E-state index is -3.92. The van der Waals surface area contributed by atoms with Crippen LogP contribution < -0.4 is 20.3 Å². The fourth-order valence-electron chi connectivity index (χ4n) is 1.40. The van der Waals surface area contributed by atoms with Gasteiger partial charge in [0.05, 0.1) is 17.7 Å². The van der Waals surface area contributed by atoms with Crippen LogP contribution in [0.15, 0.2) is 23.1 Å². The molecule has 0 aliphatic carbocycles. The Kier molecular flexibility index (Phi) is 5.68. The van der Waals surface area contributed by atoms with Crippen LogP contribution in [0.2, 0.25) is 0 Å². The van der Waals surface area contributed by atoms with Gasteiger partial charge in [-0.1, -0.05) is 6.92 Å². The lowest BCUT2D eigenvalue weighted by Gasteiger charge is -2.12. The fraction of sp³-hybridized carbons (Fsp3) is 0.333. The maximum Gasteiger partial charge on any atom is 0.257 e. The standard InChI is InChI=1S/C12H17N3O5S/c1-4-12(17)14-15-21(18,19)9-5-6-10(13-8(2)16)11(7-9)20-3/h5-7,15H,4H2,1-3H3,(H,13,16)(H,14,17). The van der Waals surface area contributed by atoms with Crippen LogP contribution in [-0.2, 0) is 19.6 Å². The van der Waals surface area contributed by atoms with E-state index in [2.05, 4.69) is 10.7 Å². The second-order valence-electron chi connectivity index (χ2n) is 4.05. The normalized spacial score (nSPS) is 10.8. The first kappa shape index (κ1) is 16.9. The molecule has 0 aliphatic rings. The summed E-state index contributed by atoms with van der Waals surface area (Å²) in [7, 11) is -2.57. The van der Waals surface area contributed by atoms with E-state index in [-0.39, 0.29) is 23.0 Å². The van der Waals surface area contributed by atoms with Crippen LogP contribution >= 0.6 is 0 Å². The molecule has 2 amide bonds. The molecule has 3 N–H and O–H groups in total. The van der Waals surface area contributed by atoms with Gasteiger partial charge in [0.15, 0.2) is 0 Å². The lowest BCUT2D eigenvalue weighted by atomic mass is 10.3.